The number of likely N-dealkylation sites (tertiary alicyclic amines) is 1. The minimum absolute atomic E-state index is 0.138. The van der Waals surface area contributed by atoms with Crippen LogP contribution in [0.15, 0.2) is 18.2 Å². The average molecular weight is 437 g/mol. The van der Waals surface area contributed by atoms with Crippen LogP contribution in [0.25, 0.3) is 0 Å². The van der Waals surface area contributed by atoms with Gasteiger partial charge in [-0.3, -0.25) is 19.8 Å². The van der Waals surface area contributed by atoms with Gasteiger partial charge in [0.15, 0.2) is 0 Å². The normalized spacial score (nSPS) is 16.3. The molecule has 2 amide bonds. The van der Waals surface area contributed by atoms with Crippen molar-refractivity contribution in [2.24, 2.45) is 5.92 Å². The molecule has 1 fully saturated rings. The highest BCUT2D eigenvalue weighted by molar-refractivity contribution is 5.96. The van der Waals surface area contributed by atoms with E-state index in [1.54, 1.807) is 13.0 Å². The van der Waals surface area contributed by atoms with E-state index in [1.807, 2.05) is 25.7 Å². The van der Waals surface area contributed by atoms with Crippen LogP contribution in [0.5, 0.6) is 5.75 Å². The molecule has 1 aromatic carbocycles. The van der Waals surface area contributed by atoms with Crippen molar-refractivity contribution in [2.45, 2.75) is 52.2 Å². The average Bonchev–Trinajstić information content (AvgIpc) is 2.71. The molecule has 1 aliphatic rings. The monoisotopic (exact) mass is 436 g/mol. The Labute approximate surface area is 182 Å². The number of hydrogen-bond acceptors (Lipinski definition) is 7. The van der Waals surface area contributed by atoms with Crippen LogP contribution in [-0.2, 0) is 9.53 Å². The zero-order valence-electron chi connectivity index (χ0n) is 18.8. The number of nitro groups is 1. The van der Waals surface area contributed by atoms with Crippen LogP contribution in [0.4, 0.5) is 16.2 Å². The first kappa shape index (κ1) is 24.4. The Morgan fingerprint density at radius 2 is 1.94 bits per heavy atom. The lowest BCUT2D eigenvalue weighted by Crippen LogP contribution is -2.47. The Balaban J connectivity index is 1.86. The first-order valence-electron chi connectivity index (χ1n) is 10.3. The van der Waals surface area contributed by atoms with Crippen molar-refractivity contribution in [2.75, 3.05) is 32.1 Å². The number of alkyl carbamates (subject to hydrolysis) is 1. The fourth-order valence-electron chi connectivity index (χ4n) is 3.38. The summed E-state index contributed by atoms with van der Waals surface area (Å²) in [4.78, 5) is 37.3. The first-order valence-corrected chi connectivity index (χ1v) is 10.3. The van der Waals surface area contributed by atoms with E-state index in [0.29, 0.717) is 31.3 Å². The first-order chi connectivity index (χ1) is 14.5. The molecule has 0 aromatic heterocycles. The third kappa shape index (κ3) is 7.39. The van der Waals surface area contributed by atoms with Gasteiger partial charge in [0.05, 0.1) is 24.1 Å². The van der Waals surface area contributed by atoms with Gasteiger partial charge < -0.3 is 20.1 Å². The molecular weight excluding hydrogens is 404 g/mol. The van der Waals surface area contributed by atoms with Crippen LogP contribution in [0.2, 0.25) is 0 Å². The van der Waals surface area contributed by atoms with Crippen LogP contribution < -0.4 is 15.4 Å². The van der Waals surface area contributed by atoms with Crippen LogP contribution in [0.1, 0.15) is 40.5 Å². The molecule has 0 spiro atoms. The number of hydrogen-bond donors (Lipinski definition) is 2. The van der Waals surface area contributed by atoms with Crippen molar-refractivity contribution in [3.8, 4) is 5.75 Å². The largest absolute Gasteiger partial charge is 0.496 e. The molecule has 2 rings (SSSR count). The zero-order chi connectivity index (χ0) is 23.2. The summed E-state index contributed by atoms with van der Waals surface area (Å²) in [5, 5.41) is 16.8. The van der Waals surface area contributed by atoms with Crippen LogP contribution in [0.3, 0.4) is 0 Å². The number of rotatable bonds is 7. The van der Waals surface area contributed by atoms with Gasteiger partial charge >= 0.3 is 6.09 Å². The summed E-state index contributed by atoms with van der Waals surface area (Å²) in [6.07, 6.45) is 1.23. The van der Waals surface area contributed by atoms with Crippen LogP contribution >= 0.6 is 0 Å². The number of ether oxygens (including phenoxy) is 2. The Morgan fingerprint density at radius 1 is 1.29 bits per heavy atom. The van der Waals surface area contributed by atoms with Gasteiger partial charge in [0.2, 0.25) is 5.91 Å². The van der Waals surface area contributed by atoms with Crippen molar-refractivity contribution < 1.29 is 24.0 Å². The van der Waals surface area contributed by atoms with Gasteiger partial charge in [-0.05, 0) is 71.7 Å². The number of anilines is 1. The number of nitro benzene ring substituents is 1. The molecule has 1 aliphatic heterocycles. The molecule has 0 saturated carbocycles. The predicted molar refractivity (Wildman–Crippen MR) is 116 cm³/mol. The number of benzene rings is 1. The van der Waals surface area contributed by atoms with E-state index in [2.05, 4.69) is 10.6 Å². The molecule has 1 saturated heterocycles. The second-order valence-corrected chi connectivity index (χ2v) is 8.67. The minimum atomic E-state index is -0.550. The maximum absolute atomic E-state index is 12.7. The molecular formula is C21H32N4O6. The standard InChI is InChI=1S/C21H32N4O6/c1-14(19(26)23-17-7-6-16(30-5)12-18(17)25(28)29)24-10-8-15(9-11-24)13-22-20(27)31-21(2,3)4/h6-7,12,14-15H,8-11,13H2,1-5H3,(H,22,27)(H,23,26). The topological polar surface area (TPSA) is 123 Å². The number of nitrogens with zero attached hydrogens (tertiary/aromatic N) is 2. The number of methoxy groups -OCH3 is 1. The van der Waals surface area contributed by atoms with Gasteiger partial charge in [0.1, 0.15) is 17.0 Å². The highest BCUT2D eigenvalue weighted by atomic mass is 16.6. The summed E-state index contributed by atoms with van der Waals surface area (Å²) in [5.74, 6) is 0.347. The highest BCUT2D eigenvalue weighted by Crippen LogP contribution is 2.29. The Kier molecular flexibility index (Phi) is 8.21. The quantitative estimate of drug-likeness (QED) is 0.497. The molecule has 0 bridgehead atoms. The second-order valence-electron chi connectivity index (χ2n) is 8.67. The molecule has 1 atom stereocenters. The minimum Gasteiger partial charge on any atom is -0.496 e. The zero-order valence-corrected chi connectivity index (χ0v) is 18.8. The molecule has 1 unspecified atom stereocenters. The van der Waals surface area contributed by atoms with E-state index >= 15 is 0 Å². The molecule has 1 heterocycles. The van der Waals surface area contributed by atoms with Crippen molar-refractivity contribution in [1.29, 1.82) is 0 Å². The Bertz CT molecular complexity index is 800. The highest BCUT2D eigenvalue weighted by Gasteiger charge is 2.28. The van der Waals surface area contributed by atoms with Crippen molar-refractivity contribution in [3.05, 3.63) is 28.3 Å². The van der Waals surface area contributed by atoms with Gasteiger partial charge in [0, 0.05) is 6.54 Å². The third-order valence-corrected chi connectivity index (χ3v) is 5.17. The van der Waals surface area contributed by atoms with Gasteiger partial charge in [-0.2, -0.15) is 0 Å². The second kappa shape index (κ2) is 10.4. The van der Waals surface area contributed by atoms with Crippen molar-refractivity contribution >= 4 is 23.4 Å². The lowest BCUT2D eigenvalue weighted by Gasteiger charge is -2.35. The summed E-state index contributed by atoms with van der Waals surface area (Å²) in [7, 11) is 1.42. The lowest BCUT2D eigenvalue weighted by molar-refractivity contribution is -0.384. The molecule has 172 valence electrons. The smallest absolute Gasteiger partial charge is 0.407 e. The van der Waals surface area contributed by atoms with Crippen molar-refractivity contribution in [1.82, 2.24) is 10.2 Å². The molecule has 0 radical (unpaired) electrons. The maximum atomic E-state index is 12.7. The summed E-state index contributed by atoms with van der Waals surface area (Å²) in [6, 6.07) is 3.87. The Morgan fingerprint density at radius 3 is 2.48 bits per heavy atom. The molecule has 2 N–H and O–H groups in total. The fraction of sp³-hybridized carbons (Fsp3) is 0.619. The molecule has 1 aromatic rings. The maximum Gasteiger partial charge on any atom is 0.407 e. The van der Waals surface area contributed by atoms with Crippen LogP contribution in [0, 0.1) is 16.0 Å². The van der Waals surface area contributed by atoms with E-state index in [4.69, 9.17) is 9.47 Å². The van der Waals surface area contributed by atoms with E-state index in [0.717, 1.165) is 12.8 Å². The molecule has 0 aliphatic carbocycles. The number of carbonyl (C=O) groups is 2. The fourth-order valence-corrected chi connectivity index (χ4v) is 3.38. The van der Waals surface area contributed by atoms with Gasteiger partial charge in [0.25, 0.3) is 5.69 Å². The summed E-state index contributed by atoms with van der Waals surface area (Å²) >= 11 is 0. The van der Waals surface area contributed by atoms with E-state index in [9.17, 15) is 19.7 Å². The number of carbonyl (C=O) groups excluding carboxylic acids is 2. The van der Waals surface area contributed by atoms with Gasteiger partial charge in [-0.1, -0.05) is 0 Å². The van der Waals surface area contributed by atoms with Gasteiger partial charge in [-0.25, -0.2) is 4.79 Å². The number of nitrogens with one attached hydrogen (secondary N) is 2. The summed E-state index contributed by atoms with van der Waals surface area (Å²) in [5.41, 5.74) is -0.610. The summed E-state index contributed by atoms with van der Waals surface area (Å²) < 4.78 is 10.3. The summed E-state index contributed by atoms with van der Waals surface area (Å²) in [6.45, 7) is 9.15. The SMILES string of the molecule is COc1ccc(NC(=O)C(C)N2CCC(CNC(=O)OC(C)(C)C)CC2)c([N+](=O)[O-])c1. The number of amides is 2. The van der Waals surface area contributed by atoms with E-state index in [1.165, 1.54) is 19.2 Å². The lowest BCUT2D eigenvalue weighted by atomic mass is 9.95. The number of piperidine rings is 1. The van der Waals surface area contributed by atoms with Gasteiger partial charge in [-0.15, -0.1) is 0 Å². The Hall–Kier alpha value is -2.88. The third-order valence-electron chi connectivity index (χ3n) is 5.17. The van der Waals surface area contributed by atoms with Crippen LogP contribution in [-0.4, -0.2) is 60.2 Å². The van der Waals surface area contributed by atoms with E-state index in [-0.39, 0.29) is 17.3 Å². The molecule has 10 heteroatoms. The van der Waals surface area contributed by atoms with Crippen molar-refractivity contribution in [3.63, 3.8) is 0 Å². The van der Waals surface area contributed by atoms with E-state index < -0.39 is 22.7 Å². The molecule has 31 heavy (non-hydrogen) atoms. The molecule has 10 nitrogen and oxygen atoms in total. The predicted octanol–water partition coefficient (Wildman–Crippen LogP) is 3.17.